The van der Waals surface area contributed by atoms with Crippen molar-refractivity contribution in [2.45, 2.75) is 142 Å². The van der Waals surface area contributed by atoms with E-state index in [9.17, 15) is 9.90 Å². The predicted octanol–water partition coefficient (Wildman–Crippen LogP) is 7.55. The number of cyclic esters (lactones) is 1. The van der Waals surface area contributed by atoms with Gasteiger partial charge in [0.1, 0.15) is 0 Å². The molecule has 1 heterocycles. The van der Waals surface area contributed by atoms with Crippen molar-refractivity contribution in [1.82, 2.24) is 0 Å². The van der Waals surface area contributed by atoms with Crippen molar-refractivity contribution in [3.63, 3.8) is 0 Å². The fourth-order valence-electron chi connectivity index (χ4n) is 6.88. The van der Waals surface area contributed by atoms with Crippen molar-refractivity contribution in [2.75, 3.05) is 13.2 Å². The Bertz CT molecular complexity index is 825. The molecule has 3 rings (SSSR count). The van der Waals surface area contributed by atoms with Crippen LogP contribution in [0.5, 0.6) is 0 Å². The number of fused-ring (bicyclic) bond motifs is 2. The molecule has 37 heavy (non-hydrogen) atoms. The van der Waals surface area contributed by atoms with E-state index in [1.807, 2.05) is 0 Å². The van der Waals surface area contributed by atoms with Gasteiger partial charge in [0.25, 0.3) is 0 Å². The van der Waals surface area contributed by atoms with Crippen LogP contribution in [-0.4, -0.2) is 53.1 Å². The third kappa shape index (κ3) is 6.11. The summed E-state index contributed by atoms with van der Waals surface area (Å²) in [5.41, 5.74) is -0.354. The lowest BCUT2D eigenvalue weighted by molar-refractivity contribution is -0.226. The monoisotopic (exact) mass is 554 g/mol. The van der Waals surface area contributed by atoms with Crippen molar-refractivity contribution < 1.29 is 23.5 Å². The van der Waals surface area contributed by atoms with Gasteiger partial charge >= 0.3 is 5.97 Å². The second-order valence-electron chi connectivity index (χ2n) is 16.4. The van der Waals surface area contributed by atoms with Gasteiger partial charge in [0.15, 0.2) is 16.6 Å². The Kier molecular flexibility index (Phi) is 8.73. The second kappa shape index (κ2) is 10.3. The standard InChI is InChI=1S/C30H58O5Si2/c1-27(2,3)36(9,10)34-17-14-21-18-22-24(23(31)19-21)30(20-33-25(22)32)16-13-15-29(7,8)26(30)35-37(11,12)28(4,5)6/h21-24,26,31H,13-20H2,1-12H3/t21-,22?,23+,24?,26?,30?/m0/s1. The molecule has 7 heteroatoms. The number of hydrogen-bond acceptors (Lipinski definition) is 5. The third-order valence-corrected chi connectivity index (χ3v) is 20.1. The summed E-state index contributed by atoms with van der Waals surface area (Å²) in [6.07, 6.45) is 5.03. The molecule has 1 aliphatic heterocycles. The highest BCUT2D eigenvalue weighted by atomic mass is 28.4. The van der Waals surface area contributed by atoms with Crippen LogP contribution in [0.2, 0.25) is 36.3 Å². The van der Waals surface area contributed by atoms with E-state index in [0.717, 1.165) is 38.5 Å². The zero-order valence-corrected chi connectivity index (χ0v) is 28.1. The van der Waals surface area contributed by atoms with Gasteiger partial charge in [0.05, 0.1) is 24.7 Å². The number of aliphatic hydroxyl groups excluding tert-OH is 1. The van der Waals surface area contributed by atoms with Gasteiger partial charge in [-0.2, -0.15) is 0 Å². The van der Waals surface area contributed by atoms with Crippen LogP contribution in [0.15, 0.2) is 0 Å². The molecule has 0 aromatic heterocycles. The van der Waals surface area contributed by atoms with E-state index in [2.05, 4.69) is 81.6 Å². The highest BCUT2D eigenvalue weighted by Gasteiger charge is 2.64. The molecule has 1 spiro atoms. The first kappa shape index (κ1) is 31.3. The molecule has 2 aliphatic carbocycles. The van der Waals surface area contributed by atoms with E-state index >= 15 is 0 Å². The second-order valence-corrected chi connectivity index (χ2v) is 25.9. The van der Waals surface area contributed by atoms with Gasteiger partial charge in [-0.05, 0) is 79.7 Å². The van der Waals surface area contributed by atoms with Crippen LogP contribution in [0.3, 0.4) is 0 Å². The molecule has 5 nitrogen and oxygen atoms in total. The lowest BCUT2D eigenvalue weighted by Gasteiger charge is -2.62. The molecular formula is C30H58O5Si2. The van der Waals surface area contributed by atoms with E-state index in [1.165, 1.54) is 0 Å². The summed E-state index contributed by atoms with van der Waals surface area (Å²) in [4.78, 5) is 13.2. The summed E-state index contributed by atoms with van der Waals surface area (Å²) in [7, 11) is -3.90. The third-order valence-electron chi connectivity index (χ3n) is 11.2. The largest absolute Gasteiger partial charge is 0.465 e. The van der Waals surface area contributed by atoms with Gasteiger partial charge < -0.3 is 18.7 Å². The quantitative estimate of drug-likeness (QED) is 0.271. The molecular weight excluding hydrogens is 496 g/mol. The number of hydrogen-bond donors (Lipinski definition) is 1. The lowest BCUT2D eigenvalue weighted by Crippen LogP contribution is -2.66. The molecule has 216 valence electrons. The van der Waals surface area contributed by atoms with Gasteiger partial charge in [-0.25, -0.2) is 0 Å². The molecule has 3 fully saturated rings. The number of aliphatic hydroxyl groups is 1. The van der Waals surface area contributed by atoms with Crippen LogP contribution >= 0.6 is 0 Å². The topological polar surface area (TPSA) is 65.0 Å². The minimum absolute atomic E-state index is 0.0247. The summed E-state index contributed by atoms with van der Waals surface area (Å²) in [6.45, 7) is 28.6. The first-order valence-corrected chi connectivity index (χ1v) is 20.6. The van der Waals surface area contributed by atoms with Gasteiger partial charge in [-0.15, -0.1) is 0 Å². The van der Waals surface area contributed by atoms with Gasteiger partial charge in [-0.1, -0.05) is 61.8 Å². The maximum absolute atomic E-state index is 13.2. The Balaban J connectivity index is 1.85. The molecule has 1 N–H and O–H groups in total. The van der Waals surface area contributed by atoms with Crippen LogP contribution in [0.25, 0.3) is 0 Å². The number of rotatable bonds is 6. The minimum atomic E-state index is -2.09. The molecule has 6 atom stereocenters. The summed E-state index contributed by atoms with van der Waals surface area (Å²) in [5, 5.41) is 12.0. The van der Waals surface area contributed by atoms with Crippen molar-refractivity contribution in [2.24, 2.45) is 28.6 Å². The molecule has 1 saturated heterocycles. The maximum atomic E-state index is 13.2. The van der Waals surface area contributed by atoms with E-state index in [-0.39, 0.29) is 50.7 Å². The highest BCUT2D eigenvalue weighted by Crippen LogP contribution is 2.60. The summed E-state index contributed by atoms with van der Waals surface area (Å²) >= 11 is 0. The van der Waals surface area contributed by atoms with Crippen LogP contribution in [0, 0.1) is 28.6 Å². The summed E-state index contributed by atoms with van der Waals surface area (Å²) in [5.74, 6) is -0.185. The molecule has 0 radical (unpaired) electrons. The molecule has 4 unspecified atom stereocenters. The van der Waals surface area contributed by atoms with E-state index in [4.69, 9.17) is 13.6 Å². The lowest BCUT2D eigenvalue weighted by atomic mass is 9.50. The summed E-state index contributed by atoms with van der Waals surface area (Å²) in [6, 6.07) is 0. The summed E-state index contributed by atoms with van der Waals surface area (Å²) < 4.78 is 19.8. The Morgan fingerprint density at radius 2 is 1.57 bits per heavy atom. The number of esters is 1. The zero-order valence-electron chi connectivity index (χ0n) is 26.1. The van der Waals surface area contributed by atoms with E-state index in [1.54, 1.807) is 0 Å². The van der Waals surface area contributed by atoms with E-state index in [0.29, 0.717) is 13.2 Å². The fraction of sp³-hybridized carbons (Fsp3) is 0.967. The van der Waals surface area contributed by atoms with Crippen molar-refractivity contribution in [3.8, 4) is 0 Å². The smallest absolute Gasteiger partial charge is 0.309 e. The SMILES string of the molecule is CC1(C)CCCC2(COC(=O)C3C[C@H](CCO[Si](C)(C)C(C)(C)C)C[C@@H](O)C32)C1O[Si](C)(C)C(C)(C)C. The van der Waals surface area contributed by atoms with Gasteiger partial charge in [0.2, 0.25) is 0 Å². The molecule has 0 bridgehead atoms. The first-order chi connectivity index (χ1) is 16.6. The van der Waals surface area contributed by atoms with Gasteiger partial charge in [-0.3, -0.25) is 4.79 Å². The fourth-order valence-corrected chi connectivity index (χ4v) is 9.44. The Morgan fingerprint density at radius 3 is 2.14 bits per heavy atom. The van der Waals surface area contributed by atoms with Gasteiger partial charge in [0, 0.05) is 17.9 Å². The molecule has 3 aliphatic rings. The van der Waals surface area contributed by atoms with Crippen molar-refractivity contribution in [1.29, 1.82) is 0 Å². The predicted molar refractivity (Wildman–Crippen MR) is 157 cm³/mol. The molecule has 0 amide bonds. The van der Waals surface area contributed by atoms with Crippen LogP contribution in [0.1, 0.15) is 93.9 Å². The van der Waals surface area contributed by atoms with Crippen molar-refractivity contribution >= 4 is 22.6 Å². The Labute approximate surface area is 230 Å². The maximum Gasteiger partial charge on any atom is 0.309 e. The van der Waals surface area contributed by atoms with Crippen molar-refractivity contribution in [3.05, 3.63) is 0 Å². The van der Waals surface area contributed by atoms with Crippen LogP contribution in [0.4, 0.5) is 0 Å². The number of carbonyl (C=O) groups is 1. The average molecular weight is 555 g/mol. The van der Waals surface area contributed by atoms with E-state index < -0.39 is 22.7 Å². The normalized spacial score (nSPS) is 35.3. The zero-order chi connectivity index (χ0) is 28.2. The van der Waals surface area contributed by atoms with Crippen LogP contribution < -0.4 is 0 Å². The minimum Gasteiger partial charge on any atom is -0.465 e. The Hall–Kier alpha value is -0.216. The average Bonchev–Trinajstić information content (AvgIpc) is 2.71. The molecule has 0 aromatic rings. The van der Waals surface area contributed by atoms with Crippen LogP contribution in [-0.2, 0) is 18.4 Å². The highest BCUT2D eigenvalue weighted by molar-refractivity contribution is 6.74. The number of ether oxygens (including phenoxy) is 1. The number of carbonyl (C=O) groups excluding carboxylic acids is 1. The first-order valence-electron chi connectivity index (χ1n) is 14.8. The molecule has 0 aromatic carbocycles. The molecule has 2 saturated carbocycles. The Morgan fingerprint density at radius 1 is 0.973 bits per heavy atom.